The van der Waals surface area contributed by atoms with Crippen molar-refractivity contribution in [1.29, 1.82) is 0 Å². The van der Waals surface area contributed by atoms with Crippen LogP contribution in [0.15, 0.2) is 54.6 Å². The highest BCUT2D eigenvalue weighted by Gasteiger charge is 2.30. The van der Waals surface area contributed by atoms with E-state index in [0.29, 0.717) is 18.7 Å². The maximum Gasteiger partial charge on any atom is 0.416 e. The Morgan fingerprint density at radius 1 is 0.962 bits per heavy atom. The van der Waals surface area contributed by atoms with E-state index in [1.165, 1.54) is 4.90 Å². The Hall–Kier alpha value is -2.67. The largest absolute Gasteiger partial charge is 0.416 e. The van der Waals surface area contributed by atoms with Gasteiger partial charge in [-0.05, 0) is 24.3 Å². The van der Waals surface area contributed by atoms with E-state index in [2.05, 4.69) is 5.32 Å². The van der Waals surface area contributed by atoms with Gasteiger partial charge in [0.1, 0.15) is 0 Å². The normalized spacial score (nSPS) is 11.2. The highest BCUT2D eigenvalue weighted by Crippen LogP contribution is 2.29. The van der Waals surface area contributed by atoms with E-state index in [9.17, 15) is 22.8 Å². The lowest BCUT2D eigenvalue weighted by molar-refractivity contribution is -0.137. The highest BCUT2D eigenvalue weighted by molar-refractivity contribution is 5.97. The molecule has 0 spiro atoms. The van der Waals surface area contributed by atoms with Crippen molar-refractivity contribution in [3.8, 4) is 0 Å². The minimum atomic E-state index is -4.43. The zero-order valence-electron chi connectivity index (χ0n) is 14.2. The summed E-state index contributed by atoms with van der Waals surface area (Å²) in [6.45, 7) is 0.857. The Morgan fingerprint density at radius 3 is 2.15 bits per heavy atom. The summed E-state index contributed by atoms with van der Waals surface area (Å²) in [5.41, 5.74) is -0.00663. The summed E-state index contributed by atoms with van der Waals surface area (Å²) >= 11 is 0. The second-order valence-electron chi connectivity index (χ2n) is 5.77. The van der Waals surface area contributed by atoms with Gasteiger partial charge in [-0.3, -0.25) is 9.59 Å². The molecule has 0 aliphatic heterocycles. The number of hydrogen-bond acceptors (Lipinski definition) is 3. The van der Waals surface area contributed by atoms with Gasteiger partial charge < -0.3 is 10.2 Å². The third-order valence-electron chi connectivity index (χ3n) is 3.81. The first kappa shape index (κ1) is 19.7. The molecule has 2 rings (SSSR count). The van der Waals surface area contributed by atoms with Gasteiger partial charge in [-0.25, -0.2) is 0 Å². The molecule has 7 heteroatoms. The third-order valence-corrected chi connectivity index (χ3v) is 3.81. The maximum atomic E-state index is 12.5. The average molecular weight is 364 g/mol. The van der Waals surface area contributed by atoms with Gasteiger partial charge in [0, 0.05) is 31.3 Å². The van der Waals surface area contributed by atoms with Gasteiger partial charge in [-0.2, -0.15) is 13.2 Å². The number of benzene rings is 2. The predicted octanol–water partition coefficient (Wildman–Crippen LogP) is 3.25. The SMILES string of the molecule is CN(CCNCC(=O)c1ccccc1)C(=O)c1ccc(C(F)(F)F)cc1. The van der Waals surface area contributed by atoms with Crippen LogP contribution in [0.1, 0.15) is 26.3 Å². The van der Waals surface area contributed by atoms with E-state index < -0.39 is 11.7 Å². The fraction of sp³-hybridized carbons (Fsp3) is 0.263. The van der Waals surface area contributed by atoms with Crippen molar-refractivity contribution in [2.45, 2.75) is 6.18 Å². The Morgan fingerprint density at radius 2 is 1.58 bits per heavy atom. The second-order valence-corrected chi connectivity index (χ2v) is 5.77. The lowest BCUT2D eigenvalue weighted by atomic mass is 10.1. The zero-order valence-corrected chi connectivity index (χ0v) is 14.2. The summed E-state index contributed by atoms with van der Waals surface area (Å²) in [5, 5.41) is 2.96. The van der Waals surface area contributed by atoms with Gasteiger partial charge in [0.05, 0.1) is 12.1 Å². The molecule has 0 fully saturated rings. The summed E-state index contributed by atoms with van der Waals surface area (Å²) in [5.74, 6) is -0.433. The number of halogens is 3. The second kappa shape index (κ2) is 8.62. The minimum absolute atomic E-state index is 0.0534. The number of likely N-dealkylation sites (N-methyl/N-ethyl adjacent to an activating group) is 1. The van der Waals surface area contributed by atoms with E-state index in [4.69, 9.17) is 0 Å². The maximum absolute atomic E-state index is 12.5. The number of carbonyl (C=O) groups excluding carboxylic acids is 2. The van der Waals surface area contributed by atoms with Crippen molar-refractivity contribution in [3.63, 3.8) is 0 Å². The van der Waals surface area contributed by atoms with Gasteiger partial charge >= 0.3 is 6.18 Å². The first-order valence-corrected chi connectivity index (χ1v) is 8.00. The van der Waals surface area contributed by atoms with Gasteiger partial charge in [-0.15, -0.1) is 0 Å². The number of carbonyl (C=O) groups is 2. The molecule has 0 aliphatic rings. The summed E-state index contributed by atoms with van der Waals surface area (Å²) < 4.78 is 37.6. The molecule has 0 unspecified atom stereocenters. The van der Waals surface area contributed by atoms with Crippen LogP contribution in [0.5, 0.6) is 0 Å². The molecule has 2 aromatic rings. The molecule has 1 N–H and O–H groups in total. The number of alkyl halides is 3. The number of ketones is 1. The van der Waals surface area contributed by atoms with Crippen LogP contribution in [-0.2, 0) is 6.18 Å². The molecule has 26 heavy (non-hydrogen) atoms. The van der Waals surface area contributed by atoms with Crippen molar-refractivity contribution in [3.05, 3.63) is 71.3 Å². The zero-order chi connectivity index (χ0) is 19.2. The molecular formula is C19H19F3N2O2. The number of nitrogens with zero attached hydrogens (tertiary/aromatic N) is 1. The first-order valence-electron chi connectivity index (χ1n) is 8.00. The van der Waals surface area contributed by atoms with E-state index in [-0.39, 0.29) is 23.8 Å². The van der Waals surface area contributed by atoms with Crippen molar-refractivity contribution < 1.29 is 22.8 Å². The molecule has 1 amide bonds. The Bertz CT molecular complexity index is 744. The number of hydrogen-bond donors (Lipinski definition) is 1. The van der Waals surface area contributed by atoms with Crippen molar-refractivity contribution in [2.24, 2.45) is 0 Å². The molecule has 2 aromatic carbocycles. The van der Waals surface area contributed by atoms with Gasteiger partial charge in [-0.1, -0.05) is 30.3 Å². The standard InChI is InChI=1S/C19H19F3N2O2/c1-24(12-11-23-13-17(25)14-5-3-2-4-6-14)18(26)15-7-9-16(10-8-15)19(20,21)22/h2-10,23H,11-13H2,1H3. The van der Waals surface area contributed by atoms with Gasteiger partial charge in [0.25, 0.3) is 5.91 Å². The smallest absolute Gasteiger partial charge is 0.340 e. The van der Waals surface area contributed by atoms with Crippen LogP contribution in [0, 0.1) is 0 Å². The van der Waals surface area contributed by atoms with Crippen LogP contribution in [0.25, 0.3) is 0 Å². The van der Waals surface area contributed by atoms with E-state index >= 15 is 0 Å². The van der Waals surface area contributed by atoms with E-state index in [1.807, 2.05) is 6.07 Å². The molecule has 0 bridgehead atoms. The number of nitrogens with one attached hydrogen (secondary N) is 1. The van der Waals surface area contributed by atoms with Crippen LogP contribution in [-0.4, -0.2) is 43.3 Å². The Kier molecular flexibility index (Phi) is 6.52. The number of Topliss-reactive ketones (excluding diaryl/α,β-unsaturated/α-hetero) is 1. The quantitative estimate of drug-likeness (QED) is 0.606. The summed E-state index contributed by atoms with van der Waals surface area (Å²) in [6.07, 6.45) is -4.43. The number of amides is 1. The highest BCUT2D eigenvalue weighted by atomic mass is 19.4. The van der Waals surface area contributed by atoms with Gasteiger partial charge in [0.2, 0.25) is 0 Å². The summed E-state index contributed by atoms with van der Waals surface area (Å²) in [4.78, 5) is 25.5. The molecule has 0 heterocycles. The summed E-state index contributed by atoms with van der Waals surface area (Å²) in [6, 6.07) is 12.9. The average Bonchev–Trinajstić information content (AvgIpc) is 2.64. The molecule has 0 radical (unpaired) electrons. The third kappa shape index (κ3) is 5.42. The molecule has 0 aromatic heterocycles. The first-order chi connectivity index (χ1) is 12.3. The van der Waals surface area contributed by atoms with Crippen LogP contribution in [0.3, 0.4) is 0 Å². The lowest BCUT2D eigenvalue weighted by Crippen LogP contribution is -2.35. The van der Waals surface area contributed by atoms with Crippen LogP contribution < -0.4 is 5.32 Å². The van der Waals surface area contributed by atoms with Crippen LogP contribution in [0.4, 0.5) is 13.2 Å². The lowest BCUT2D eigenvalue weighted by Gasteiger charge is -2.18. The molecule has 0 atom stereocenters. The molecule has 138 valence electrons. The topological polar surface area (TPSA) is 49.4 Å². The van der Waals surface area contributed by atoms with Crippen molar-refractivity contribution in [1.82, 2.24) is 10.2 Å². The van der Waals surface area contributed by atoms with E-state index in [0.717, 1.165) is 24.3 Å². The Labute approximate surface area is 149 Å². The molecule has 0 saturated carbocycles. The molecule has 0 aliphatic carbocycles. The number of rotatable bonds is 7. The fourth-order valence-electron chi connectivity index (χ4n) is 2.30. The predicted molar refractivity (Wildman–Crippen MR) is 92.0 cm³/mol. The van der Waals surface area contributed by atoms with Crippen molar-refractivity contribution in [2.75, 3.05) is 26.7 Å². The summed E-state index contributed by atoms with van der Waals surface area (Å²) in [7, 11) is 1.56. The monoisotopic (exact) mass is 364 g/mol. The van der Waals surface area contributed by atoms with Crippen molar-refractivity contribution >= 4 is 11.7 Å². The van der Waals surface area contributed by atoms with Crippen LogP contribution in [0.2, 0.25) is 0 Å². The molecule has 0 saturated heterocycles. The van der Waals surface area contributed by atoms with E-state index in [1.54, 1.807) is 31.3 Å². The van der Waals surface area contributed by atoms with Crippen LogP contribution >= 0.6 is 0 Å². The Balaban J connectivity index is 1.79. The molecule has 4 nitrogen and oxygen atoms in total. The van der Waals surface area contributed by atoms with Gasteiger partial charge in [0.15, 0.2) is 5.78 Å². The molecular weight excluding hydrogens is 345 g/mol. The minimum Gasteiger partial charge on any atom is -0.340 e. The fourth-order valence-corrected chi connectivity index (χ4v) is 2.30.